The van der Waals surface area contributed by atoms with Crippen LogP contribution >= 0.6 is 11.8 Å². The molecule has 1 saturated carbocycles. The van der Waals surface area contributed by atoms with Crippen LogP contribution in [0.3, 0.4) is 0 Å². The largest absolute Gasteiger partial charge is 0.484 e. The fourth-order valence-electron chi connectivity index (χ4n) is 2.68. The van der Waals surface area contributed by atoms with Crippen molar-refractivity contribution in [2.45, 2.75) is 50.5 Å². The summed E-state index contributed by atoms with van der Waals surface area (Å²) in [5.41, 5.74) is 0.601. The Morgan fingerprint density at radius 2 is 2.19 bits per heavy atom. The summed E-state index contributed by atoms with van der Waals surface area (Å²) >= 11 is 1.87. The van der Waals surface area contributed by atoms with Crippen molar-refractivity contribution < 1.29 is 9.66 Å². The summed E-state index contributed by atoms with van der Waals surface area (Å²) in [6, 6.07) is 5.52. The van der Waals surface area contributed by atoms with E-state index < -0.39 is 0 Å². The van der Waals surface area contributed by atoms with Gasteiger partial charge < -0.3 is 10.1 Å². The molecule has 0 aliphatic heterocycles. The molecule has 1 fully saturated rings. The lowest BCUT2D eigenvalue weighted by atomic mass is 10.2. The number of benzene rings is 1. The van der Waals surface area contributed by atoms with Gasteiger partial charge in [0.1, 0.15) is 5.69 Å². The summed E-state index contributed by atoms with van der Waals surface area (Å²) < 4.78 is 5.57. The molecular formula is C15H22N2O3S. The lowest BCUT2D eigenvalue weighted by molar-refractivity contribution is -0.385. The van der Waals surface area contributed by atoms with E-state index in [1.165, 1.54) is 0 Å². The van der Waals surface area contributed by atoms with Gasteiger partial charge in [0, 0.05) is 11.3 Å². The van der Waals surface area contributed by atoms with Gasteiger partial charge in [-0.1, -0.05) is 6.07 Å². The smallest absolute Gasteiger partial charge is 0.333 e. The fourth-order valence-corrected chi connectivity index (χ4v) is 3.48. The minimum atomic E-state index is -0.360. The van der Waals surface area contributed by atoms with E-state index in [-0.39, 0.29) is 16.7 Å². The first-order chi connectivity index (χ1) is 10.0. The highest BCUT2D eigenvalue weighted by Gasteiger charge is 2.28. The number of thioether (sulfide) groups is 1. The second kappa shape index (κ2) is 7.02. The maximum atomic E-state index is 11.4. The Labute approximate surface area is 129 Å². The molecule has 2 rings (SSSR count). The van der Waals surface area contributed by atoms with Crippen LogP contribution < -0.4 is 10.1 Å². The highest BCUT2D eigenvalue weighted by Crippen LogP contribution is 2.38. The van der Waals surface area contributed by atoms with E-state index in [0.717, 1.165) is 19.3 Å². The topological polar surface area (TPSA) is 64.4 Å². The Bertz CT molecular complexity index is 508. The van der Waals surface area contributed by atoms with E-state index in [1.807, 2.05) is 25.6 Å². The van der Waals surface area contributed by atoms with Crippen LogP contribution in [0.15, 0.2) is 18.2 Å². The predicted octanol–water partition coefficient (Wildman–Crippen LogP) is 4.08. The number of ether oxygens (including phenoxy) is 1. The van der Waals surface area contributed by atoms with Gasteiger partial charge in [-0.3, -0.25) is 10.1 Å². The van der Waals surface area contributed by atoms with Crippen molar-refractivity contribution in [2.24, 2.45) is 0 Å². The molecule has 0 amide bonds. The van der Waals surface area contributed by atoms with Crippen LogP contribution in [0.1, 0.15) is 33.1 Å². The van der Waals surface area contributed by atoms with Crippen molar-refractivity contribution in [3.8, 4) is 5.75 Å². The summed E-state index contributed by atoms with van der Waals surface area (Å²) in [5.74, 6) is 0.333. The lowest BCUT2D eigenvalue weighted by Crippen LogP contribution is -2.17. The summed E-state index contributed by atoms with van der Waals surface area (Å²) in [6.45, 7) is 3.73. The van der Waals surface area contributed by atoms with Gasteiger partial charge >= 0.3 is 5.69 Å². The predicted molar refractivity (Wildman–Crippen MR) is 87.4 cm³/mol. The van der Waals surface area contributed by atoms with E-state index in [9.17, 15) is 10.1 Å². The third-order valence-electron chi connectivity index (χ3n) is 3.62. The molecule has 1 aliphatic rings. The van der Waals surface area contributed by atoms with Gasteiger partial charge in [-0.05, 0) is 51.5 Å². The van der Waals surface area contributed by atoms with Crippen LogP contribution in [0.2, 0.25) is 0 Å². The van der Waals surface area contributed by atoms with Gasteiger partial charge in [-0.25, -0.2) is 0 Å². The first kappa shape index (κ1) is 15.9. The molecule has 0 bridgehead atoms. The zero-order valence-corrected chi connectivity index (χ0v) is 13.5. The van der Waals surface area contributed by atoms with Gasteiger partial charge in [0.15, 0.2) is 5.75 Å². The number of anilines is 1. The van der Waals surface area contributed by atoms with E-state index >= 15 is 0 Å². The van der Waals surface area contributed by atoms with Crippen molar-refractivity contribution >= 4 is 23.1 Å². The zero-order chi connectivity index (χ0) is 15.4. The Kier molecular flexibility index (Phi) is 5.33. The number of nitro benzene ring substituents is 1. The second-order valence-corrected chi connectivity index (χ2v) is 6.73. The monoisotopic (exact) mass is 310 g/mol. The summed E-state index contributed by atoms with van der Waals surface area (Å²) in [5, 5.41) is 15.4. The van der Waals surface area contributed by atoms with Gasteiger partial charge in [-0.2, -0.15) is 11.8 Å². The van der Waals surface area contributed by atoms with Crippen molar-refractivity contribution in [3.63, 3.8) is 0 Å². The van der Waals surface area contributed by atoms with E-state index in [0.29, 0.717) is 22.7 Å². The normalized spacial score (nSPS) is 21.5. The molecule has 0 saturated heterocycles. The number of hydrogen-bond donors (Lipinski definition) is 1. The van der Waals surface area contributed by atoms with Gasteiger partial charge in [0.25, 0.3) is 0 Å². The average molecular weight is 310 g/mol. The Hall–Kier alpha value is -1.43. The quantitative estimate of drug-likeness (QED) is 0.633. The number of hydrogen-bond acceptors (Lipinski definition) is 5. The lowest BCUT2D eigenvalue weighted by Gasteiger charge is -2.16. The van der Waals surface area contributed by atoms with Crippen molar-refractivity contribution in [1.29, 1.82) is 0 Å². The highest BCUT2D eigenvalue weighted by molar-refractivity contribution is 7.99. The van der Waals surface area contributed by atoms with Crippen LogP contribution in [0.4, 0.5) is 11.4 Å². The van der Waals surface area contributed by atoms with Crippen molar-refractivity contribution in [1.82, 2.24) is 0 Å². The molecule has 1 aliphatic carbocycles. The zero-order valence-electron chi connectivity index (χ0n) is 12.7. The number of nitro groups is 1. The van der Waals surface area contributed by atoms with Crippen LogP contribution in [0.25, 0.3) is 0 Å². The SMILES string of the molecule is CSC1CCC(Nc2cccc(OC(C)C)c2[N+](=O)[O-])C1. The molecule has 0 radical (unpaired) electrons. The van der Waals surface area contributed by atoms with Gasteiger partial charge in [-0.15, -0.1) is 0 Å². The molecular weight excluding hydrogens is 288 g/mol. The summed E-state index contributed by atoms with van der Waals surface area (Å²) in [6.07, 6.45) is 5.29. The third kappa shape index (κ3) is 4.03. The maximum absolute atomic E-state index is 11.4. The summed E-state index contributed by atoms with van der Waals surface area (Å²) in [4.78, 5) is 11.0. The molecule has 116 valence electrons. The number of para-hydroxylation sites is 1. The Morgan fingerprint density at radius 3 is 2.76 bits per heavy atom. The standard InChI is InChI=1S/C15H22N2O3S/c1-10(2)20-14-6-4-5-13(15(14)17(18)19)16-11-7-8-12(9-11)21-3/h4-6,10-12,16H,7-9H2,1-3H3. The molecule has 21 heavy (non-hydrogen) atoms. The molecule has 6 heteroatoms. The molecule has 0 aromatic heterocycles. The van der Waals surface area contributed by atoms with Crippen molar-refractivity contribution in [2.75, 3.05) is 11.6 Å². The van der Waals surface area contributed by atoms with Crippen LogP contribution in [0, 0.1) is 10.1 Å². The molecule has 2 atom stereocenters. The minimum Gasteiger partial charge on any atom is -0.484 e. The molecule has 1 N–H and O–H groups in total. The van der Waals surface area contributed by atoms with Crippen molar-refractivity contribution in [3.05, 3.63) is 28.3 Å². The Morgan fingerprint density at radius 1 is 1.43 bits per heavy atom. The van der Waals surface area contributed by atoms with Crippen LogP contribution in [-0.4, -0.2) is 28.6 Å². The minimum absolute atomic E-state index is 0.0406. The highest BCUT2D eigenvalue weighted by atomic mass is 32.2. The molecule has 1 aromatic rings. The third-order valence-corrected chi connectivity index (χ3v) is 4.72. The number of rotatable bonds is 6. The molecule has 5 nitrogen and oxygen atoms in total. The summed E-state index contributed by atoms with van der Waals surface area (Å²) in [7, 11) is 0. The molecule has 0 heterocycles. The van der Waals surface area contributed by atoms with Gasteiger partial charge in [0.2, 0.25) is 0 Å². The molecule has 0 spiro atoms. The van der Waals surface area contributed by atoms with Crippen LogP contribution in [0.5, 0.6) is 5.75 Å². The van der Waals surface area contributed by atoms with E-state index in [1.54, 1.807) is 18.2 Å². The molecule has 1 aromatic carbocycles. The van der Waals surface area contributed by atoms with E-state index in [2.05, 4.69) is 11.6 Å². The number of nitrogens with one attached hydrogen (secondary N) is 1. The van der Waals surface area contributed by atoms with Crippen LogP contribution in [-0.2, 0) is 0 Å². The fraction of sp³-hybridized carbons (Fsp3) is 0.600. The number of nitrogens with zero attached hydrogens (tertiary/aromatic N) is 1. The first-order valence-electron chi connectivity index (χ1n) is 7.24. The maximum Gasteiger partial charge on any atom is 0.333 e. The second-order valence-electron chi connectivity index (χ2n) is 5.59. The Balaban J connectivity index is 2.20. The molecule has 2 unspecified atom stereocenters. The van der Waals surface area contributed by atoms with Gasteiger partial charge in [0.05, 0.1) is 11.0 Å². The average Bonchev–Trinajstić information content (AvgIpc) is 2.85. The first-order valence-corrected chi connectivity index (χ1v) is 8.53. The van der Waals surface area contributed by atoms with E-state index in [4.69, 9.17) is 4.74 Å².